The molecule has 1 aromatic rings. The number of benzene rings is 1. The Morgan fingerprint density at radius 1 is 1.32 bits per heavy atom. The minimum Gasteiger partial charge on any atom is -0.493 e. The Balaban J connectivity index is 1.91. The van der Waals surface area contributed by atoms with E-state index in [1.807, 2.05) is 39.2 Å². The van der Waals surface area contributed by atoms with E-state index in [0.29, 0.717) is 31.0 Å². The van der Waals surface area contributed by atoms with Crippen molar-refractivity contribution in [3.63, 3.8) is 0 Å². The summed E-state index contributed by atoms with van der Waals surface area (Å²) in [6, 6.07) is 5.12. The number of carbonyl (C=O) groups is 1. The predicted molar refractivity (Wildman–Crippen MR) is 100 cm³/mol. The van der Waals surface area contributed by atoms with Gasteiger partial charge in [0.1, 0.15) is 17.2 Å². The first kappa shape index (κ1) is 19.9. The highest BCUT2D eigenvalue weighted by Gasteiger charge is 2.28. The molecule has 1 aromatic carbocycles. The number of nitrogens with zero attached hydrogens (tertiary/aromatic N) is 1. The van der Waals surface area contributed by atoms with Crippen molar-refractivity contribution in [2.75, 3.05) is 31.7 Å². The number of hydrogen-bond donors (Lipinski definition) is 0. The Hall–Kier alpha value is -1.43. The molecule has 0 N–H and O–H groups in total. The van der Waals surface area contributed by atoms with E-state index in [-0.39, 0.29) is 17.8 Å². The van der Waals surface area contributed by atoms with E-state index in [4.69, 9.17) is 9.47 Å². The number of likely N-dealkylation sites (tertiary alicyclic amines) is 1. The lowest BCUT2D eigenvalue weighted by molar-refractivity contribution is 0.0204. The van der Waals surface area contributed by atoms with Crippen molar-refractivity contribution in [2.24, 2.45) is 0 Å². The Morgan fingerprint density at radius 3 is 2.56 bits per heavy atom. The van der Waals surface area contributed by atoms with E-state index in [9.17, 15) is 9.18 Å². The van der Waals surface area contributed by atoms with Gasteiger partial charge in [0, 0.05) is 24.9 Å². The minimum absolute atomic E-state index is 0.124. The molecule has 1 amide bonds. The monoisotopic (exact) mass is 369 g/mol. The second-order valence-corrected chi connectivity index (χ2v) is 8.25. The Kier molecular flexibility index (Phi) is 6.99. The molecule has 25 heavy (non-hydrogen) atoms. The van der Waals surface area contributed by atoms with Crippen molar-refractivity contribution in [3.8, 4) is 5.75 Å². The summed E-state index contributed by atoms with van der Waals surface area (Å²) >= 11 is 1.70. The summed E-state index contributed by atoms with van der Waals surface area (Å²) in [5.41, 5.74) is 0.215. The zero-order chi connectivity index (χ0) is 18.4. The van der Waals surface area contributed by atoms with E-state index in [2.05, 4.69) is 0 Å². The van der Waals surface area contributed by atoms with E-state index < -0.39 is 5.60 Å². The quantitative estimate of drug-likeness (QED) is 0.706. The van der Waals surface area contributed by atoms with Crippen LogP contribution < -0.4 is 4.74 Å². The molecule has 4 nitrogen and oxygen atoms in total. The number of amides is 1. The lowest BCUT2D eigenvalue weighted by Crippen LogP contribution is -2.41. The summed E-state index contributed by atoms with van der Waals surface area (Å²) < 4.78 is 25.4. The van der Waals surface area contributed by atoms with Gasteiger partial charge in [-0.2, -0.15) is 11.8 Å². The highest BCUT2D eigenvalue weighted by molar-refractivity contribution is 7.98. The summed E-state index contributed by atoms with van der Waals surface area (Å²) in [7, 11) is 0. The van der Waals surface area contributed by atoms with Crippen molar-refractivity contribution in [1.29, 1.82) is 0 Å². The number of thioether (sulfide) groups is 1. The van der Waals surface area contributed by atoms with Gasteiger partial charge in [0.05, 0.1) is 6.61 Å². The smallest absolute Gasteiger partial charge is 0.410 e. The van der Waals surface area contributed by atoms with Crippen molar-refractivity contribution in [1.82, 2.24) is 4.90 Å². The van der Waals surface area contributed by atoms with Gasteiger partial charge in [0.2, 0.25) is 0 Å². The maximum Gasteiger partial charge on any atom is 0.410 e. The van der Waals surface area contributed by atoms with Crippen LogP contribution in [0, 0.1) is 5.82 Å². The lowest BCUT2D eigenvalue weighted by atomic mass is 9.89. The molecule has 1 fully saturated rings. The van der Waals surface area contributed by atoms with Crippen LogP contribution in [-0.2, 0) is 4.74 Å². The second kappa shape index (κ2) is 8.79. The maximum absolute atomic E-state index is 14.4. The molecule has 0 saturated carbocycles. The number of halogens is 1. The van der Waals surface area contributed by atoms with E-state index >= 15 is 0 Å². The van der Waals surface area contributed by atoms with Gasteiger partial charge in [-0.25, -0.2) is 9.18 Å². The van der Waals surface area contributed by atoms with Crippen molar-refractivity contribution in [2.45, 2.75) is 45.1 Å². The van der Waals surface area contributed by atoms with E-state index in [1.165, 1.54) is 6.07 Å². The third-order valence-electron chi connectivity index (χ3n) is 4.11. The van der Waals surface area contributed by atoms with E-state index in [0.717, 1.165) is 18.6 Å². The van der Waals surface area contributed by atoms with Crippen LogP contribution in [0.1, 0.15) is 45.1 Å². The molecule has 0 atom stereocenters. The largest absolute Gasteiger partial charge is 0.493 e. The predicted octanol–water partition coefficient (Wildman–Crippen LogP) is 4.68. The molecule has 0 bridgehead atoms. The van der Waals surface area contributed by atoms with Gasteiger partial charge in [-0.1, -0.05) is 6.07 Å². The third kappa shape index (κ3) is 6.10. The third-order valence-corrected chi connectivity index (χ3v) is 4.69. The number of piperidine rings is 1. The first-order chi connectivity index (χ1) is 11.8. The number of rotatable bonds is 5. The highest BCUT2D eigenvalue weighted by atomic mass is 32.2. The van der Waals surface area contributed by atoms with Crippen LogP contribution in [-0.4, -0.2) is 48.3 Å². The molecule has 2 rings (SSSR count). The molecule has 0 aliphatic carbocycles. The standard InChI is InChI=1S/C19H28FNO3S/c1-19(2,3)24-18(22)21-9-7-14(8-10-21)16-6-5-15(13-17(16)20)23-11-12-25-4/h5-6,13-14H,7-12H2,1-4H3. The molecule has 1 saturated heterocycles. The van der Waals surface area contributed by atoms with E-state index in [1.54, 1.807) is 16.7 Å². The SMILES string of the molecule is CSCCOc1ccc(C2CCN(C(=O)OC(C)(C)C)CC2)c(F)c1. The highest BCUT2D eigenvalue weighted by Crippen LogP contribution is 2.32. The molecule has 1 heterocycles. The molecule has 6 heteroatoms. The number of hydrogen-bond acceptors (Lipinski definition) is 4. The molecule has 0 spiro atoms. The van der Waals surface area contributed by atoms with Crippen LogP contribution in [0.3, 0.4) is 0 Å². The van der Waals surface area contributed by atoms with Gasteiger partial charge in [0.25, 0.3) is 0 Å². The molecule has 1 aliphatic heterocycles. The number of carbonyl (C=O) groups excluding carboxylic acids is 1. The van der Waals surface area contributed by atoms with Crippen LogP contribution in [0.25, 0.3) is 0 Å². The van der Waals surface area contributed by atoms with Crippen molar-refractivity contribution < 1.29 is 18.7 Å². The summed E-state index contributed by atoms with van der Waals surface area (Å²) in [5.74, 6) is 1.35. The van der Waals surface area contributed by atoms with Crippen LogP contribution in [0.5, 0.6) is 5.75 Å². The van der Waals surface area contributed by atoms with Gasteiger partial charge < -0.3 is 14.4 Å². The first-order valence-corrected chi connectivity index (χ1v) is 10.1. The zero-order valence-electron chi connectivity index (χ0n) is 15.5. The summed E-state index contributed by atoms with van der Waals surface area (Å²) in [4.78, 5) is 13.8. The fourth-order valence-electron chi connectivity index (χ4n) is 2.87. The second-order valence-electron chi connectivity index (χ2n) is 7.27. The molecule has 140 valence electrons. The molecule has 0 unspecified atom stereocenters. The van der Waals surface area contributed by atoms with Crippen molar-refractivity contribution >= 4 is 17.9 Å². The molecule has 1 aliphatic rings. The average molecular weight is 370 g/mol. The van der Waals surface area contributed by atoms with Crippen LogP contribution in [0.4, 0.5) is 9.18 Å². The Morgan fingerprint density at radius 2 is 2.00 bits per heavy atom. The minimum atomic E-state index is -0.494. The van der Waals surface area contributed by atoms with Gasteiger partial charge in [-0.3, -0.25) is 0 Å². The van der Waals surface area contributed by atoms with Crippen LogP contribution >= 0.6 is 11.8 Å². The normalized spacial score (nSPS) is 16.0. The Labute approximate surface area is 154 Å². The fourth-order valence-corrected chi connectivity index (χ4v) is 3.12. The summed E-state index contributed by atoms with van der Waals surface area (Å²) in [5, 5.41) is 0. The zero-order valence-corrected chi connectivity index (χ0v) is 16.3. The summed E-state index contributed by atoms with van der Waals surface area (Å²) in [6.07, 6.45) is 3.20. The molecular formula is C19H28FNO3S. The van der Waals surface area contributed by atoms with Crippen LogP contribution in [0.15, 0.2) is 18.2 Å². The molecule has 0 radical (unpaired) electrons. The van der Waals surface area contributed by atoms with Gasteiger partial charge in [0.15, 0.2) is 0 Å². The van der Waals surface area contributed by atoms with Crippen LogP contribution in [0.2, 0.25) is 0 Å². The van der Waals surface area contributed by atoms with Gasteiger partial charge >= 0.3 is 6.09 Å². The maximum atomic E-state index is 14.4. The summed E-state index contributed by atoms with van der Waals surface area (Å²) in [6.45, 7) is 7.33. The fraction of sp³-hybridized carbons (Fsp3) is 0.632. The molecule has 0 aromatic heterocycles. The van der Waals surface area contributed by atoms with Gasteiger partial charge in [-0.05, 0) is 57.4 Å². The van der Waals surface area contributed by atoms with Gasteiger partial charge in [-0.15, -0.1) is 0 Å². The first-order valence-electron chi connectivity index (χ1n) is 8.69. The topological polar surface area (TPSA) is 38.8 Å². The molecular weight excluding hydrogens is 341 g/mol. The lowest BCUT2D eigenvalue weighted by Gasteiger charge is -2.33. The Bertz CT molecular complexity index is 581. The number of ether oxygens (including phenoxy) is 2. The van der Waals surface area contributed by atoms with Crippen molar-refractivity contribution in [3.05, 3.63) is 29.6 Å². The average Bonchev–Trinajstić information content (AvgIpc) is 2.54.